The Kier molecular flexibility index (Phi) is 3.88. The number of rotatable bonds is 1. The minimum absolute atomic E-state index is 0. The molecule has 0 radical (unpaired) electrons. The Balaban J connectivity index is 0.00000120. The van der Waals surface area contributed by atoms with E-state index >= 15 is 0 Å². The Hall–Kier alpha value is -1.13. The molecule has 0 aliphatic carbocycles. The number of benzene rings is 1. The Morgan fingerprint density at radius 1 is 1.33 bits per heavy atom. The van der Waals surface area contributed by atoms with E-state index in [0.717, 1.165) is 31.6 Å². The molecule has 18 heavy (non-hydrogen) atoms. The summed E-state index contributed by atoms with van der Waals surface area (Å²) < 4.78 is 19.0. The topological polar surface area (TPSA) is 29.3 Å². The van der Waals surface area contributed by atoms with Crippen LogP contribution < -0.4 is 0 Å². The fourth-order valence-corrected chi connectivity index (χ4v) is 2.53. The van der Waals surface area contributed by atoms with Crippen molar-refractivity contribution in [3.05, 3.63) is 29.7 Å². The van der Waals surface area contributed by atoms with E-state index in [2.05, 4.69) is 17.1 Å². The molecule has 1 saturated heterocycles. The van der Waals surface area contributed by atoms with Crippen molar-refractivity contribution >= 4 is 23.4 Å². The van der Waals surface area contributed by atoms with Gasteiger partial charge in [-0.3, -0.25) is 0 Å². The number of likely N-dealkylation sites (tertiary alicyclic amines) is 1. The molecule has 5 heteroatoms. The van der Waals surface area contributed by atoms with Crippen LogP contribution in [0.25, 0.3) is 11.0 Å². The lowest BCUT2D eigenvalue weighted by atomic mass is 9.92. The summed E-state index contributed by atoms with van der Waals surface area (Å²) >= 11 is 0. The molecule has 0 unspecified atom stereocenters. The smallest absolute Gasteiger partial charge is 0.170 e. The van der Waals surface area contributed by atoms with Crippen molar-refractivity contribution in [1.82, 2.24) is 10.1 Å². The van der Waals surface area contributed by atoms with E-state index in [4.69, 9.17) is 4.52 Å². The third-order valence-electron chi connectivity index (χ3n) is 3.58. The second-order valence-electron chi connectivity index (χ2n) is 4.76. The van der Waals surface area contributed by atoms with Crippen LogP contribution in [-0.2, 0) is 0 Å². The summed E-state index contributed by atoms with van der Waals surface area (Å²) in [5.41, 5.74) is 1.35. The van der Waals surface area contributed by atoms with Gasteiger partial charge in [0.15, 0.2) is 5.58 Å². The van der Waals surface area contributed by atoms with Gasteiger partial charge in [0, 0.05) is 5.92 Å². The molecule has 0 atom stereocenters. The molecular weight excluding hydrogens is 255 g/mol. The highest BCUT2D eigenvalue weighted by atomic mass is 35.5. The molecule has 1 aromatic heterocycles. The van der Waals surface area contributed by atoms with Crippen molar-refractivity contribution in [2.45, 2.75) is 18.8 Å². The first kappa shape index (κ1) is 13.3. The number of nitrogens with zero attached hydrogens (tertiary/aromatic N) is 2. The second-order valence-corrected chi connectivity index (χ2v) is 4.76. The molecule has 1 aliphatic heterocycles. The van der Waals surface area contributed by atoms with Gasteiger partial charge in [0.1, 0.15) is 5.82 Å². The maximum Gasteiger partial charge on any atom is 0.170 e. The Labute approximate surface area is 111 Å². The van der Waals surface area contributed by atoms with Crippen LogP contribution in [0.3, 0.4) is 0 Å². The number of piperidine rings is 1. The highest BCUT2D eigenvalue weighted by Gasteiger charge is 2.24. The molecular formula is C13H16ClFN2O. The maximum atomic E-state index is 13.8. The van der Waals surface area contributed by atoms with Crippen molar-refractivity contribution in [1.29, 1.82) is 0 Å². The zero-order chi connectivity index (χ0) is 11.8. The number of fused-ring (bicyclic) bond motifs is 1. The summed E-state index contributed by atoms with van der Waals surface area (Å²) in [5.74, 6) is 0.0991. The monoisotopic (exact) mass is 270 g/mol. The van der Waals surface area contributed by atoms with Gasteiger partial charge >= 0.3 is 0 Å². The van der Waals surface area contributed by atoms with Crippen LogP contribution in [-0.4, -0.2) is 30.2 Å². The summed E-state index contributed by atoms with van der Waals surface area (Å²) in [6.45, 7) is 2.07. The molecule has 98 valence electrons. The standard InChI is InChI=1S/C13H15FN2O.ClH/c1-16-7-5-9(6-8-16)13-12-10(14)3-2-4-11(12)17-15-13;/h2-4,9H,5-8H2,1H3;1H. The summed E-state index contributed by atoms with van der Waals surface area (Å²) in [6.07, 6.45) is 2.04. The van der Waals surface area contributed by atoms with Gasteiger partial charge in [-0.2, -0.15) is 0 Å². The average molecular weight is 271 g/mol. The molecule has 1 aromatic carbocycles. The summed E-state index contributed by atoms with van der Waals surface area (Å²) in [7, 11) is 2.11. The van der Waals surface area contributed by atoms with E-state index in [1.165, 1.54) is 6.07 Å². The molecule has 2 aromatic rings. The number of hydrogen-bond donors (Lipinski definition) is 0. The SMILES string of the molecule is CN1CCC(c2noc3cccc(F)c23)CC1.Cl. The van der Waals surface area contributed by atoms with Crippen molar-refractivity contribution in [3.8, 4) is 0 Å². The number of aromatic nitrogens is 1. The molecule has 1 aliphatic rings. The van der Waals surface area contributed by atoms with Gasteiger partial charge in [-0.1, -0.05) is 11.2 Å². The number of halogens is 2. The predicted octanol–water partition coefficient (Wildman–Crippen LogP) is 3.20. The van der Waals surface area contributed by atoms with Gasteiger partial charge < -0.3 is 9.42 Å². The summed E-state index contributed by atoms with van der Waals surface area (Å²) in [6, 6.07) is 4.89. The van der Waals surface area contributed by atoms with Crippen molar-refractivity contribution in [3.63, 3.8) is 0 Å². The second kappa shape index (κ2) is 5.24. The van der Waals surface area contributed by atoms with Crippen LogP contribution in [0.15, 0.2) is 22.7 Å². The molecule has 1 fully saturated rings. The first-order valence-corrected chi connectivity index (χ1v) is 5.98. The maximum absolute atomic E-state index is 13.8. The first-order valence-electron chi connectivity index (χ1n) is 5.98. The average Bonchev–Trinajstić information content (AvgIpc) is 2.75. The van der Waals surface area contributed by atoms with Crippen LogP contribution in [0.4, 0.5) is 4.39 Å². The zero-order valence-corrected chi connectivity index (χ0v) is 11.0. The molecule has 0 saturated carbocycles. The summed E-state index contributed by atoms with van der Waals surface area (Å²) in [4.78, 5) is 2.29. The Morgan fingerprint density at radius 3 is 2.78 bits per heavy atom. The number of hydrogen-bond acceptors (Lipinski definition) is 3. The van der Waals surface area contributed by atoms with Crippen LogP contribution in [0.1, 0.15) is 24.5 Å². The van der Waals surface area contributed by atoms with Crippen LogP contribution in [0.2, 0.25) is 0 Å². The molecule has 3 nitrogen and oxygen atoms in total. The van der Waals surface area contributed by atoms with Gasteiger partial charge in [0.2, 0.25) is 0 Å². The lowest BCUT2D eigenvalue weighted by Gasteiger charge is -2.27. The van der Waals surface area contributed by atoms with E-state index in [-0.39, 0.29) is 18.2 Å². The fourth-order valence-electron chi connectivity index (χ4n) is 2.53. The van der Waals surface area contributed by atoms with Crippen LogP contribution >= 0.6 is 12.4 Å². The lowest BCUT2D eigenvalue weighted by Crippen LogP contribution is -2.29. The van der Waals surface area contributed by atoms with E-state index in [1.54, 1.807) is 12.1 Å². The quantitative estimate of drug-likeness (QED) is 0.797. The minimum atomic E-state index is -0.224. The van der Waals surface area contributed by atoms with Crippen molar-refractivity contribution in [2.75, 3.05) is 20.1 Å². The molecule has 0 N–H and O–H groups in total. The van der Waals surface area contributed by atoms with E-state index in [9.17, 15) is 4.39 Å². The highest BCUT2D eigenvalue weighted by molar-refractivity contribution is 5.85. The third kappa shape index (κ3) is 2.22. The fraction of sp³-hybridized carbons (Fsp3) is 0.462. The van der Waals surface area contributed by atoms with E-state index in [1.807, 2.05) is 0 Å². The van der Waals surface area contributed by atoms with Crippen molar-refractivity contribution in [2.24, 2.45) is 0 Å². The first-order chi connectivity index (χ1) is 8.25. The zero-order valence-electron chi connectivity index (χ0n) is 10.2. The van der Waals surface area contributed by atoms with Crippen LogP contribution in [0, 0.1) is 5.82 Å². The largest absolute Gasteiger partial charge is 0.356 e. The molecule has 2 heterocycles. The normalized spacial score (nSPS) is 17.9. The van der Waals surface area contributed by atoms with Gasteiger partial charge in [0.25, 0.3) is 0 Å². The molecule has 0 spiro atoms. The molecule has 0 bridgehead atoms. The van der Waals surface area contributed by atoms with Gasteiger partial charge in [0.05, 0.1) is 11.1 Å². The molecule has 3 rings (SSSR count). The van der Waals surface area contributed by atoms with Gasteiger partial charge in [-0.05, 0) is 45.1 Å². The highest BCUT2D eigenvalue weighted by Crippen LogP contribution is 2.33. The van der Waals surface area contributed by atoms with Gasteiger partial charge in [-0.15, -0.1) is 12.4 Å². The van der Waals surface area contributed by atoms with E-state index < -0.39 is 0 Å². The Morgan fingerprint density at radius 2 is 2.06 bits per heavy atom. The Bertz CT molecular complexity index is 535. The van der Waals surface area contributed by atoms with E-state index in [0.29, 0.717) is 16.9 Å². The minimum Gasteiger partial charge on any atom is -0.356 e. The van der Waals surface area contributed by atoms with Crippen LogP contribution in [0.5, 0.6) is 0 Å². The van der Waals surface area contributed by atoms with Gasteiger partial charge in [-0.25, -0.2) is 4.39 Å². The predicted molar refractivity (Wildman–Crippen MR) is 70.7 cm³/mol. The third-order valence-corrected chi connectivity index (χ3v) is 3.58. The summed E-state index contributed by atoms with van der Waals surface area (Å²) in [5, 5.41) is 4.64. The lowest BCUT2D eigenvalue weighted by molar-refractivity contribution is 0.250. The van der Waals surface area contributed by atoms with Crippen molar-refractivity contribution < 1.29 is 8.91 Å². The molecule has 0 amide bonds.